The number of fused-ring (bicyclic) bond motifs is 5. The fourth-order valence-corrected chi connectivity index (χ4v) is 5.37. The molecule has 3 nitrogen and oxygen atoms in total. The van der Waals surface area contributed by atoms with E-state index in [0.717, 1.165) is 28.3 Å². The molecule has 0 saturated heterocycles. The molecular formula is C27H27NO2S. The first kappa shape index (κ1) is 20.1. The SMILES string of the molecule is COc1cccc2c1-c1ccc3c(c1C(c1cccc(SC)c1)O2)C(C)=CC(C)(C)N3. The predicted molar refractivity (Wildman–Crippen MR) is 130 cm³/mol. The molecule has 0 bridgehead atoms. The third-order valence-corrected chi connectivity index (χ3v) is 6.78. The molecule has 1 atom stereocenters. The Labute approximate surface area is 188 Å². The highest BCUT2D eigenvalue weighted by Gasteiger charge is 2.35. The Morgan fingerprint density at radius 2 is 1.84 bits per heavy atom. The van der Waals surface area contributed by atoms with Crippen LogP contribution in [-0.4, -0.2) is 18.9 Å². The summed E-state index contributed by atoms with van der Waals surface area (Å²) in [5, 5.41) is 3.70. The molecule has 0 radical (unpaired) electrons. The predicted octanol–water partition coefficient (Wildman–Crippen LogP) is 7.17. The molecule has 3 aromatic carbocycles. The van der Waals surface area contributed by atoms with E-state index in [1.54, 1.807) is 18.9 Å². The molecule has 5 rings (SSSR count). The molecule has 158 valence electrons. The van der Waals surface area contributed by atoms with Crippen molar-refractivity contribution in [3.05, 3.63) is 77.4 Å². The summed E-state index contributed by atoms with van der Waals surface area (Å²) < 4.78 is 12.4. The molecule has 1 N–H and O–H groups in total. The minimum atomic E-state index is -0.192. The number of methoxy groups -OCH3 is 1. The van der Waals surface area contributed by atoms with E-state index in [1.807, 2.05) is 18.2 Å². The van der Waals surface area contributed by atoms with Gasteiger partial charge in [-0.3, -0.25) is 0 Å². The van der Waals surface area contributed by atoms with E-state index in [9.17, 15) is 0 Å². The number of ether oxygens (including phenoxy) is 2. The number of hydrogen-bond donors (Lipinski definition) is 1. The summed E-state index contributed by atoms with van der Waals surface area (Å²) in [6.07, 6.45) is 4.22. The first-order valence-corrected chi connectivity index (χ1v) is 11.8. The van der Waals surface area contributed by atoms with E-state index in [2.05, 4.69) is 74.8 Å². The second kappa shape index (κ2) is 7.38. The van der Waals surface area contributed by atoms with E-state index in [4.69, 9.17) is 9.47 Å². The summed E-state index contributed by atoms with van der Waals surface area (Å²) >= 11 is 1.75. The van der Waals surface area contributed by atoms with Crippen molar-refractivity contribution in [2.24, 2.45) is 0 Å². The maximum atomic E-state index is 6.71. The van der Waals surface area contributed by atoms with Crippen molar-refractivity contribution in [1.29, 1.82) is 0 Å². The maximum Gasteiger partial charge on any atom is 0.150 e. The Morgan fingerprint density at radius 3 is 2.61 bits per heavy atom. The van der Waals surface area contributed by atoms with Crippen LogP contribution < -0.4 is 14.8 Å². The quantitative estimate of drug-likeness (QED) is 0.447. The van der Waals surface area contributed by atoms with Crippen LogP contribution >= 0.6 is 11.8 Å². The van der Waals surface area contributed by atoms with Crippen molar-refractivity contribution in [3.8, 4) is 22.6 Å². The molecule has 0 amide bonds. The van der Waals surface area contributed by atoms with Gasteiger partial charge in [0.1, 0.15) is 11.5 Å². The molecule has 31 heavy (non-hydrogen) atoms. The van der Waals surface area contributed by atoms with Gasteiger partial charge in [-0.2, -0.15) is 0 Å². The third kappa shape index (κ3) is 3.30. The van der Waals surface area contributed by atoms with E-state index in [1.165, 1.54) is 27.2 Å². The van der Waals surface area contributed by atoms with Crippen LogP contribution in [0, 0.1) is 0 Å². The summed E-state index contributed by atoms with van der Waals surface area (Å²) in [5.41, 5.74) is 8.11. The highest BCUT2D eigenvalue weighted by atomic mass is 32.2. The molecule has 2 aliphatic heterocycles. The molecule has 0 aliphatic carbocycles. The lowest BCUT2D eigenvalue weighted by Crippen LogP contribution is -2.32. The summed E-state index contributed by atoms with van der Waals surface area (Å²) in [7, 11) is 1.72. The van der Waals surface area contributed by atoms with Gasteiger partial charge in [0.15, 0.2) is 6.10 Å². The topological polar surface area (TPSA) is 30.5 Å². The highest BCUT2D eigenvalue weighted by molar-refractivity contribution is 7.98. The minimum Gasteiger partial charge on any atom is -0.496 e. The summed E-state index contributed by atoms with van der Waals surface area (Å²) in [6, 6.07) is 19.1. The normalized spacial score (nSPS) is 18.0. The zero-order valence-electron chi connectivity index (χ0n) is 18.6. The average molecular weight is 430 g/mol. The lowest BCUT2D eigenvalue weighted by atomic mass is 9.80. The Morgan fingerprint density at radius 1 is 1.03 bits per heavy atom. The molecule has 2 heterocycles. The van der Waals surface area contributed by atoms with Crippen molar-refractivity contribution >= 4 is 23.0 Å². The van der Waals surface area contributed by atoms with E-state index >= 15 is 0 Å². The van der Waals surface area contributed by atoms with Gasteiger partial charge in [-0.15, -0.1) is 11.8 Å². The van der Waals surface area contributed by atoms with Crippen LogP contribution in [0.2, 0.25) is 0 Å². The van der Waals surface area contributed by atoms with Crippen LogP contribution in [0.25, 0.3) is 16.7 Å². The number of benzene rings is 3. The molecule has 0 aromatic heterocycles. The van der Waals surface area contributed by atoms with Gasteiger partial charge < -0.3 is 14.8 Å². The van der Waals surface area contributed by atoms with Crippen molar-refractivity contribution in [3.63, 3.8) is 0 Å². The lowest BCUT2D eigenvalue weighted by Gasteiger charge is -2.37. The van der Waals surface area contributed by atoms with Crippen LogP contribution in [0.1, 0.15) is 43.6 Å². The first-order chi connectivity index (χ1) is 14.9. The van der Waals surface area contributed by atoms with Crippen LogP contribution in [0.3, 0.4) is 0 Å². The molecule has 0 saturated carbocycles. The van der Waals surface area contributed by atoms with Crippen LogP contribution in [0.4, 0.5) is 5.69 Å². The zero-order chi connectivity index (χ0) is 21.8. The third-order valence-electron chi connectivity index (χ3n) is 6.05. The standard InChI is InChI=1S/C27H27NO2S/c1-16-15-27(2,3)28-20-13-12-19-24-21(29-4)10-7-11-22(24)30-26(25(19)23(16)20)17-8-6-9-18(14-17)31-5/h6-15,26,28H,1-5H3. The van der Waals surface area contributed by atoms with Gasteiger partial charge in [-0.25, -0.2) is 0 Å². The number of rotatable bonds is 3. The van der Waals surface area contributed by atoms with Gasteiger partial charge >= 0.3 is 0 Å². The number of nitrogens with one attached hydrogen (secondary N) is 1. The Bertz CT molecular complexity index is 1210. The van der Waals surface area contributed by atoms with E-state index in [0.29, 0.717) is 0 Å². The fraction of sp³-hybridized carbons (Fsp3) is 0.259. The summed E-state index contributed by atoms with van der Waals surface area (Å²) in [4.78, 5) is 1.23. The average Bonchev–Trinajstić information content (AvgIpc) is 2.76. The van der Waals surface area contributed by atoms with E-state index < -0.39 is 0 Å². The maximum absolute atomic E-state index is 6.71. The van der Waals surface area contributed by atoms with Crippen LogP contribution in [0.5, 0.6) is 11.5 Å². The van der Waals surface area contributed by atoms with Crippen LogP contribution in [0.15, 0.2) is 65.6 Å². The smallest absolute Gasteiger partial charge is 0.150 e. The van der Waals surface area contributed by atoms with Gasteiger partial charge in [-0.1, -0.05) is 30.3 Å². The zero-order valence-corrected chi connectivity index (χ0v) is 19.4. The largest absolute Gasteiger partial charge is 0.496 e. The van der Waals surface area contributed by atoms with Gasteiger partial charge in [0.05, 0.1) is 18.2 Å². The van der Waals surface area contributed by atoms with Crippen molar-refractivity contribution in [2.75, 3.05) is 18.7 Å². The fourth-order valence-electron chi connectivity index (χ4n) is 4.91. The molecule has 0 spiro atoms. The van der Waals surface area contributed by atoms with Crippen molar-refractivity contribution in [2.45, 2.75) is 37.3 Å². The molecule has 4 heteroatoms. The lowest BCUT2D eigenvalue weighted by molar-refractivity contribution is 0.241. The molecule has 0 fully saturated rings. The van der Waals surface area contributed by atoms with E-state index in [-0.39, 0.29) is 11.6 Å². The van der Waals surface area contributed by atoms with Gasteiger partial charge in [0.25, 0.3) is 0 Å². The summed E-state index contributed by atoms with van der Waals surface area (Å²) in [5.74, 6) is 1.69. The van der Waals surface area contributed by atoms with Crippen molar-refractivity contribution < 1.29 is 9.47 Å². The number of thioether (sulfide) groups is 1. The minimum absolute atomic E-state index is 0.0926. The van der Waals surface area contributed by atoms with Crippen LogP contribution in [-0.2, 0) is 0 Å². The second-order valence-corrected chi connectivity index (χ2v) is 9.61. The number of allylic oxidation sites excluding steroid dienone is 1. The van der Waals surface area contributed by atoms with Gasteiger partial charge in [0, 0.05) is 21.7 Å². The monoisotopic (exact) mass is 429 g/mol. The number of hydrogen-bond acceptors (Lipinski definition) is 4. The summed E-state index contributed by atoms with van der Waals surface area (Å²) in [6.45, 7) is 6.61. The van der Waals surface area contributed by atoms with Crippen molar-refractivity contribution in [1.82, 2.24) is 0 Å². The van der Waals surface area contributed by atoms with Gasteiger partial charge in [0.2, 0.25) is 0 Å². The Balaban J connectivity index is 1.82. The number of anilines is 1. The molecule has 3 aromatic rings. The second-order valence-electron chi connectivity index (χ2n) is 8.73. The highest BCUT2D eigenvalue weighted by Crippen LogP contribution is 2.53. The Kier molecular flexibility index (Phi) is 4.78. The van der Waals surface area contributed by atoms with Gasteiger partial charge in [-0.05, 0) is 74.1 Å². The first-order valence-electron chi connectivity index (χ1n) is 10.5. The molecule has 1 unspecified atom stereocenters. The molecule has 2 aliphatic rings. The Hall–Kier alpha value is -2.85. The molecular weight excluding hydrogens is 402 g/mol.